The van der Waals surface area contributed by atoms with E-state index in [4.69, 9.17) is 8.83 Å². The van der Waals surface area contributed by atoms with Crippen molar-refractivity contribution in [3.05, 3.63) is 188 Å². The Morgan fingerprint density at radius 1 is 0.294 bits per heavy atom. The first kappa shape index (κ1) is 29.1. The van der Waals surface area contributed by atoms with Crippen LogP contribution < -0.4 is 4.90 Å². The molecular weight excluding hydrogens is 623 g/mol. The molecule has 0 radical (unpaired) electrons. The van der Waals surface area contributed by atoms with Crippen LogP contribution in [0.3, 0.4) is 0 Å². The summed E-state index contributed by atoms with van der Waals surface area (Å²) in [6.45, 7) is 0. The first-order valence-corrected chi connectivity index (χ1v) is 17.3. The summed E-state index contributed by atoms with van der Waals surface area (Å²) in [7, 11) is 0. The Morgan fingerprint density at radius 2 is 0.725 bits per heavy atom. The van der Waals surface area contributed by atoms with E-state index in [0.717, 1.165) is 72.1 Å². The first-order chi connectivity index (χ1) is 25.3. The highest BCUT2D eigenvalue weighted by atomic mass is 16.3. The van der Waals surface area contributed by atoms with Crippen LogP contribution in [0.5, 0.6) is 0 Å². The zero-order valence-corrected chi connectivity index (χ0v) is 27.7. The van der Waals surface area contributed by atoms with Crippen molar-refractivity contribution in [3.63, 3.8) is 0 Å². The van der Waals surface area contributed by atoms with Gasteiger partial charge in [0.25, 0.3) is 0 Å². The SMILES string of the molecule is c1ccc(-c2ccc(-c3ccc(N(c4ccc(-c5cccc6oc7ccccc7c56)cc4)c4cccc5oc6ccccc6c45)cc3)cc2)cc1. The Hall–Kier alpha value is -6.84. The fourth-order valence-electron chi connectivity index (χ4n) is 7.46. The van der Waals surface area contributed by atoms with E-state index in [0.29, 0.717) is 0 Å². The molecule has 0 N–H and O–H groups in total. The fourth-order valence-corrected chi connectivity index (χ4v) is 7.46. The van der Waals surface area contributed by atoms with E-state index in [1.807, 2.05) is 30.3 Å². The van der Waals surface area contributed by atoms with Gasteiger partial charge in [0.2, 0.25) is 0 Å². The summed E-state index contributed by atoms with van der Waals surface area (Å²) < 4.78 is 12.6. The summed E-state index contributed by atoms with van der Waals surface area (Å²) in [5, 5.41) is 4.45. The Kier molecular flexibility index (Phi) is 6.81. The first-order valence-electron chi connectivity index (χ1n) is 17.3. The normalized spacial score (nSPS) is 11.5. The lowest BCUT2D eigenvalue weighted by molar-refractivity contribution is 0.668. The number of para-hydroxylation sites is 2. The van der Waals surface area contributed by atoms with Crippen molar-refractivity contribution in [2.24, 2.45) is 0 Å². The molecule has 0 fully saturated rings. The number of rotatable bonds is 6. The zero-order valence-electron chi connectivity index (χ0n) is 27.7. The Balaban J connectivity index is 1.08. The number of anilines is 3. The average molecular weight is 654 g/mol. The van der Waals surface area contributed by atoms with Gasteiger partial charge in [-0.2, -0.15) is 0 Å². The summed E-state index contributed by atoms with van der Waals surface area (Å²) in [6.07, 6.45) is 0. The average Bonchev–Trinajstić information content (AvgIpc) is 3.78. The predicted molar refractivity (Wildman–Crippen MR) is 212 cm³/mol. The molecule has 0 aliphatic carbocycles. The molecule has 0 spiro atoms. The number of hydrogen-bond donors (Lipinski definition) is 0. The molecule has 0 bridgehead atoms. The lowest BCUT2D eigenvalue weighted by Crippen LogP contribution is -2.10. The Bertz CT molecular complexity index is 2830. The van der Waals surface area contributed by atoms with Crippen molar-refractivity contribution >= 4 is 60.9 Å². The van der Waals surface area contributed by atoms with Crippen molar-refractivity contribution in [2.75, 3.05) is 4.90 Å². The second kappa shape index (κ2) is 11.9. The largest absolute Gasteiger partial charge is 0.456 e. The molecule has 0 aliphatic heterocycles. The van der Waals surface area contributed by atoms with Crippen molar-refractivity contribution in [1.29, 1.82) is 0 Å². The minimum absolute atomic E-state index is 0.865. The molecule has 3 heteroatoms. The molecule has 8 aromatic carbocycles. The van der Waals surface area contributed by atoms with Crippen LogP contribution >= 0.6 is 0 Å². The highest BCUT2D eigenvalue weighted by molar-refractivity contribution is 6.14. The number of furan rings is 2. The van der Waals surface area contributed by atoms with Crippen LogP contribution in [-0.4, -0.2) is 0 Å². The molecule has 10 aromatic rings. The fraction of sp³-hybridized carbons (Fsp3) is 0. The van der Waals surface area contributed by atoms with Gasteiger partial charge in [0.05, 0.1) is 11.1 Å². The predicted octanol–water partition coefficient (Wildman–Crippen LogP) is 14.0. The van der Waals surface area contributed by atoms with Crippen molar-refractivity contribution in [3.8, 4) is 33.4 Å². The maximum absolute atomic E-state index is 6.34. The van der Waals surface area contributed by atoms with Gasteiger partial charge in [0, 0.05) is 27.5 Å². The summed E-state index contributed by atoms with van der Waals surface area (Å²) in [5.74, 6) is 0. The van der Waals surface area contributed by atoms with Gasteiger partial charge >= 0.3 is 0 Å². The molecule has 2 aromatic heterocycles. The third kappa shape index (κ3) is 4.98. The van der Waals surface area contributed by atoms with Gasteiger partial charge in [0.15, 0.2) is 0 Å². The molecule has 3 nitrogen and oxygen atoms in total. The Labute approximate surface area is 295 Å². The maximum Gasteiger partial charge on any atom is 0.137 e. The van der Waals surface area contributed by atoms with E-state index < -0.39 is 0 Å². The maximum atomic E-state index is 6.34. The lowest BCUT2D eigenvalue weighted by Gasteiger charge is -2.26. The van der Waals surface area contributed by atoms with Gasteiger partial charge in [-0.3, -0.25) is 0 Å². The minimum atomic E-state index is 0.865. The third-order valence-corrected chi connectivity index (χ3v) is 9.91. The molecule has 0 unspecified atom stereocenters. The highest BCUT2D eigenvalue weighted by Crippen LogP contribution is 2.44. The van der Waals surface area contributed by atoms with E-state index in [-0.39, 0.29) is 0 Å². The van der Waals surface area contributed by atoms with Crippen molar-refractivity contribution < 1.29 is 8.83 Å². The van der Waals surface area contributed by atoms with E-state index in [1.165, 1.54) is 22.3 Å². The summed E-state index contributed by atoms with van der Waals surface area (Å²) >= 11 is 0. The van der Waals surface area contributed by atoms with Crippen molar-refractivity contribution in [1.82, 2.24) is 0 Å². The van der Waals surface area contributed by atoms with E-state index >= 15 is 0 Å². The molecule has 0 aliphatic rings. The molecule has 0 saturated heterocycles. The smallest absolute Gasteiger partial charge is 0.137 e. The summed E-state index contributed by atoms with van der Waals surface area (Å²) in [4.78, 5) is 2.34. The summed E-state index contributed by atoms with van der Waals surface area (Å²) in [6, 6.07) is 66.2. The van der Waals surface area contributed by atoms with Crippen molar-refractivity contribution in [2.45, 2.75) is 0 Å². The van der Waals surface area contributed by atoms with Crippen LogP contribution in [0.4, 0.5) is 17.1 Å². The van der Waals surface area contributed by atoms with Gasteiger partial charge in [-0.1, -0.05) is 133 Å². The lowest BCUT2D eigenvalue weighted by atomic mass is 9.98. The molecule has 0 atom stereocenters. The van der Waals surface area contributed by atoms with Crippen LogP contribution in [0.1, 0.15) is 0 Å². The van der Waals surface area contributed by atoms with Gasteiger partial charge in [0.1, 0.15) is 22.3 Å². The van der Waals surface area contributed by atoms with Gasteiger partial charge in [-0.05, 0) is 88.0 Å². The molecule has 0 amide bonds. The molecule has 240 valence electrons. The third-order valence-electron chi connectivity index (χ3n) is 9.91. The standard InChI is InChI=1S/C48H31NO2/c1-2-10-32(11-3-1)33-20-22-34(23-21-33)35-24-28-37(29-25-35)49(42-15-9-19-46-48(42)41-13-5-7-17-44(41)51-46)38-30-26-36(27-31-38)39-14-8-18-45-47(39)40-12-4-6-16-43(40)50-45/h1-31H. The van der Waals surface area contributed by atoms with E-state index in [2.05, 4.69) is 163 Å². The quantitative estimate of drug-likeness (QED) is 0.179. The monoisotopic (exact) mass is 653 g/mol. The second-order valence-corrected chi connectivity index (χ2v) is 12.9. The van der Waals surface area contributed by atoms with E-state index in [1.54, 1.807) is 0 Å². The van der Waals surface area contributed by atoms with Gasteiger partial charge in [-0.25, -0.2) is 0 Å². The van der Waals surface area contributed by atoms with Crippen LogP contribution in [0.15, 0.2) is 197 Å². The second-order valence-electron chi connectivity index (χ2n) is 12.9. The van der Waals surface area contributed by atoms with Crippen LogP contribution in [0.2, 0.25) is 0 Å². The number of hydrogen-bond acceptors (Lipinski definition) is 3. The molecular formula is C48H31NO2. The number of nitrogens with zero attached hydrogens (tertiary/aromatic N) is 1. The Morgan fingerprint density at radius 3 is 1.33 bits per heavy atom. The molecule has 10 rings (SSSR count). The van der Waals surface area contributed by atoms with E-state index in [9.17, 15) is 0 Å². The van der Waals surface area contributed by atoms with Crippen LogP contribution in [0.25, 0.3) is 77.3 Å². The summed E-state index contributed by atoms with van der Waals surface area (Å²) in [5.41, 5.74) is 13.8. The number of benzene rings is 8. The minimum Gasteiger partial charge on any atom is -0.456 e. The zero-order chi connectivity index (χ0) is 33.7. The van der Waals surface area contributed by atoms with Gasteiger partial charge in [-0.15, -0.1) is 0 Å². The van der Waals surface area contributed by atoms with Crippen LogP contribution in [-0.2, 0) is 0 Å². The topological polar surface area (TPSA) is 29.5 Å². The van der Waals surface area contributed by atoms with Gasteiger partial charge < -0.3 is 13.7 Å². The van der Waals surface area contributed by atoms with Crippen LogP contribution in [0, 0.1) is 0 Å². The molecule has 0 saturated carbocycles. The molecule has 2 heterocycles. The molecule has 51 heavy (non-hydrogen) atoms. The highest BCUT2D eigenvalue weighted by Gasteiger charge is 2.20. The number of fused-ring (bicyclic) bond motifs is 6.